The highest BCUT2D eigenvalue weighted by atomic mass is 32.2. The monoisotopic (exact) mass is 257 g/mol. The van der Waals surface area contributed by atoms with E-state index in [0.717, 1.165) is 5.69 Å². The molecule has 0 bridgehead atoms. The van der Waals surface area contributed by atoms with Crippen LogP contribution in [0.25, 0.3) is 0 Å². The van der Waals surface area contributed by atoms with Gasteiger partial charge < -0.3 is 10.4 Å². The second-order valence-electron chi connectivity index (χ2n) is 3.84. The lowest BCUT2D eigenvalue weighted by molar-refractivity contribution is -0.136. The molecule has 0 aliphatic heterocycles. The first-order valence-corrected chi connectivity index (χ1v) is 7.15. The standard InChI is InChI=1S/C11H15NO4S/c1-17(15,16)8-9-3-2-4-10(7-9)12-6-5-11(13)14/h2-4,7,12H,5-6,8H2,1H3,(H,13,14). The number of carboxylic acids is 1. The maximum atomic E-state index is 11.1. The highest BCUT2D eigenvalue weighted by Crippen LogP contribution is 2.12. The Bertz CT molecular complexity index is 496. The van der Waals surface area contributed by atoms with Gasteiger partial charge in [0.1, 0.15) is 0 Å². The third-order valence-electron chi connectivity index (χ3n) is 2.02. The lowest BCUT2D eigenvalue weighted by Crippen LogP contribution is -2.08. The van der Waals surface area contributed by atoms with E-state index in [1.165, 1.54) is 6.26 Å². The number of anilines is 1. The van der Waals surface area contributed by atoms with Crippen molar-refractivity contribution in [2.45, 2.75) is 12.2 Å². The maximum absolute atomic E-state index is 11.1. The van der Waals surface area contributed by atoms with Crippen LogP contribution in [0.3, 0.4) is 0 Å². The van der Waals surface area contributed by atoms with E-state index in [1.54, 1.807) is 24.3 Å². The van der Waals surface area contributed by atoms with Gasteiger partial charge in [-0.2, -0.15) is 0 Å². The molecule has 5 nitrogen and oxygen atoms in total. The number of aliphatic carboxylic acids is 1. The van der Waals surface area contributed by atoms with Crippen LogP contribution in [-0.4, -0.2) is 32.3 Å². The van der Waals surface area contributed by atoms with Gasteiger partial charge in [0.05, 0.1) is 12.2 Å². The average Bonchev–Trinajstić information content (AvgIpc) is 2.14. The molecule has 0 saturated heterocycles. The number of hydrogen-bond donors (Lipinski definition) is 2. The first-order valence-electron chi connectivity index (χ1n) is 5.09. The van der Waals surface area contributed by atoms with Crippen molar-refractivity contribution < 1.29 is 18.3 Å². The van der Waals surface area contributed by atoms with Crippen molar-refractivity contribution in [1.82, 2.24) is 0 Å². The molecule has 94 valence electrons. The van der Waals surface area contributed by atoms with Crippen LogP contribution >= 0.6 is 0 Å². The maximum Gasteiger partial charge on any atom is 0.305 e. The van der Waals surface area contributed by atoms with Crippen molar-refractivity contribution in [2.24, 2.45) is 0 Å². The number of carboxylic acid groups (broad SMARTS) is 1. The molecule has 17 heavy (non-hydrogen) atoms. The lowest BCUT2D eigenvalue weighted by atomic mass is 10.2. The predicted octanol–water partition coefficient (Wildman–Crippen LogP) is 1.12. The van der Waals surface area contributed by atoms with Crippen molar-refractivity contribution >= 4 is 21.5 Å². The number of sulfone groups is 1. The van der Waals surface area contributed by atoms with E-state index in [4.69, 9.17) is 5.11 Å². The second kappa shape index (κ2) is 5.67. The van der Waals surface area contributed by atoms with Crippen molar-refractivity contribution in [2.75, 3.05) is 18.1 Å². The topological polar surface area (TPSA) is 83.5 Å². The number of carbonyl (C=O) groups is 1. The van der Waals surface area contributed by atoms with Crippen LogP contribution < -0.4 is 5.32 Å². The third kappa shape index (κ3) is 5.91. The molecule has 1 aromatic carbocycles. The summed E-state index contributed by atoms with van der Waals surface area (Å²) < 4.78 is 22.2. The Labute approximate surface area is 100 Å². The van der Waals surface area contributed by atoms with Gasteiger partial charge in [0.25, 0.3) is 0 Å². The zero-order valence-electron chi connectivity index (χ0n) is 9.51. The Morgan fingerprint density at radius 3 is 2.71 bits per heavy atom. The Kier molecular flexibility index (Phi) is 4.51. The van der Waals surface area contributed by atoms with E-state index < -0.39 is 15.8 Å². The predicted molar refractivity (Wildman–Crippen MR) is 65.7 cm³/mol. The minimum absolute atomic E-state index is 0.0124. The van der Waals surface area contributed by atoms with Crippen LogP contribution in [0, 0.1) is 0 Å². The van der Waals surface area contributed by atoms with E-state index in [0.29, 0.717) is 12.1 Å². The lowest BCUT2D eigenvalue weighted by Gasteiger charge is -2.06. The van der Waals surface area contributed by atoms with Gasteiger partial charge in [-0.15, -0.1) is 0 Å². The molecule has 2 N–H and O–H groups in total. The smallest absolute Gasteiger partial charge is 0.305 e. The largest absolute Gasteiger partial charge is 0.481 e. The zero-order chi connectivity index (χ0) is 12.9. The summed E-state index contributed by atoms with van der Waals surface area (Å²) in [6, 6.07) is 6.95. The number of rotatable bonds is 6. The molecule has 0 aliphatic rings. The summed E-state index contributed by atoms with van der Waals surface area (Å²) in [5, 5.41) is 11.4. The van der Waals surface area contributed by atoms with Crippen molar-refractivity contribution in [1.29, 1.82) is 0 Å². The van der Waals surface area contributed by atoms with Gasteiger partial charge in [0.2, 0.25) is 0 Å². The fourth-order valence-electron chi connectivity index (χ4n) is 1.39. The van der Waals surface area contributed by atoms with Gasteiger partial charge in [-0.05, 0) is 17.7 Å². The summed E-state index contributed by atoms with van der Waals surface area (Å²) in [7, 11) is -3.05. The molecule has 0 saturated carbocycles. The minimum Gasteiger partial charge on any atom is -0.481 e. The Balaban J connectivity index is 2.63. The van der Waals surface area contributed by atoms with Crippen LogP contribution in [0.4, 0.5) is 5.69 Å². The SMILES string of the molecule is CS(=O)(=O)Cc1cccc(NCCC(=O)O)c1. The molecule has 1 rings (SSSR count). The first-order chi connectivity index (χ1) is 7.87. The van der Waals surface area contributed by atoms with Crippen molar-refractivity contribution in [3.8, 4) is 0 Å². The highest BCUT2D eigenvalue weighted by molar-refractivity contribution is 7.89. The summed E-state index contributed by atoms with van der Waals surface area (Å²) in [6.07, 6.45) is 1.20. The van der Waals surface area contributed by atoms with Gasteiger partial charge in [-0.3, -0.25) is 4.79 Å². The van der Waals surface area contributed by atoms with Crippen LogP contribution in [0.15, 0.2) is 24.3 Å². The summed E-state index contributed by atoms with van der Waals surface area (Å²) >= 11 is 0. The normalized spacial score (nSPS) is 11.1. The average molecular weight is 257 g/mol. The number of benzene rings is 1. The van der Waals surface area contributed by atoms with Gasteiger partial charge in [-0.25, -0.2) is 8.42 Å². The first kappa shape index (κ1) is 13.5. The molecule has 0 radical (unpaired) electrons. The van der Waals surface area contributed by atoms with E-state index in [1.807, 2.05) is 0 Å². The van der Waals surface area contributed by atoms with Gasteiger partial charge in [-0.1, -0.05) is 12.1 Å². The molecule has 0 aliphatic carbocycles. The van der Waals surface area contributed by atoms with E-state index in [-0.39, 0.29) is 12.2 Å². The molecule has 0 spiro atoms. The minimum atomic E-state index is -3.05. The highest BCUT2D eigenvalue weighted by Gasteiger charge is 2.05. The third-order valence-corrected chi connectivity index (χ3v) is 2.88. The molecule has 0 unspecified atom stereocenters. The molecule has 6 heteroatoms. The Morgan fingerprint density at radius 1 is 1.41 bits per heavy atom. The summed E-state index contributed by atoms with van der Waals surface area (Å²) in [4.78, 5) is 10.3. The molecule has 0 atom stereocenters. The van der Waals surface area contributed by atoms with Crippen LogP contribution in [0.5, 0.6) is 0 Å². The second-order valence-corrected chi connectivity index (χ2v) is 5.98. The fourth-order valence-corrected chi connectivity index (χ4v) is 2.17. The number of nitrogens with one attached hydrogen (secondary N) is 1. The van der Waals surface area contributed by atoms with Crippen LogP contribution in [0.1, 0.15) is 12.0 Å². The zero-order valence-corrected chi connectivity index (χ0v) is 10.3. The summed E-state index contributed by atoms with van der Waals surface area (Å²) in [5.41, 5.74) is 1.42. The van der Waals surface area contributed by atoms with Crippen LogP contribution in [0.2, 0.25) is 0 Å². The molecule has 1 aromatic rings. The van der Waals surface area contributed by atoms with Crippen molar-refractivity contribution in [3.05, 3.63) is 29.8 Å². The summed E-state index contributed by atoms with van der Waals surface area (Å²) in [6.45, 7) is 0.317. The quantitative estimate of drug-likeness (QED) is 0.797. The molecule has 0 amide bonds. The van der Waals surface area contributed by atoms with E-state index in [9.17, 15) is 13.2 Å². The molecular formula is C11H15NO4S. The Morgan fingerprint density at radius 2 is 2.12 bits per heavy atom. The molecule has 0 heterocycles. The van der Waals surface area contributed by atoms with Gasteiger partial charge in [0.15, 0.2) is 9.84 Å². The van der Waals surface area contributed by atoms with E-state index >= 15 is 0 Å². The van der Waals surface area contributed by atoms with Gasteiger partial charge >= 0.3 is 5.97 Å². The van der Waals surface area contributed by atoms with Gasteiger partial charge in [0, 0.05) is 18.5 Å². The number of hydrogen-bond acceptors (Lipinski definition) is 4. The molecular weight excluding hydrogens is 242 g/mol. The van der Waals surface area contributed by atoms with Crippen molar-refractivity contribution in [3.63, 3.8) is 0 Å². The summed E-state index contributed by atoms with van der Waals surface area (Å²) in [5.74, 6) is -0.883. The van der Waals surface area contributed by atoms with E-state index in [2.05, 4.69) is 5.32 Å². The molecule has 0 fully saturated rings. The molecule has 0 aromatic heterocycles. The Hall–Kier alpha value is -1.56. The van der Waals surface area contributed by atoms with Crippen LogP contribution in [-0.2, 0) is 20.4 Å². The fraction of sp³-hybridized carbons (Fsp3) is 0.364.